The molecule has 0 spiro atoms. The van der Waals surface area contributed by atoms with Crippen LogP contribution < -0.4 is 5.32 Å². The predicted molar refractivity (Wildman–Crippen MR) is 92.8 cm³/mol. The van der Waals surface area contributed by atoms with Gasteiger partial charge in [-0.05, 0) is 12.5 Å². The van der Waals surface area contributed by atoms with E-state index >= 15 is 0 Å². The van der Waals surface area contributed by atoms with Crippen LogP contribution in [0.4, 0.5) is 4.79 Å². The van der Waals surface area contributed by atoms with Crippen LogP contribution in [0.15, 0.2) is 30.3 Å². The highest BCUT2D eigenvalue weighted by Gasteiger charge is 2.20. The van der Waals surface area contributed by atoms with Gasteiger partial charge in [-0.1, -0.05) is 30.3 Å². The lowest BCUT2D eigenvalue weighted by Gasteiger charge is -2.37. The van der Waals surface area contributed by atoms with Crippen LogP contribution in [0, 0.1) is 0 Å². The summed E-state index contributed by atoms with van der Waals surface area (Å²) in [7, 11) is 0. The van der Waals surface area contributed by atoms with E-state index in [1.54, 1.807) is 0 Å². The van der Waals surface area contributed by atoms with E-state index in [4.69, 9.17) is 16.3 Å². The van der Waals surface area contributed by atoms with Gasteiger partial charge in [0.25, 0.3) is 0 Å². The molecular weight excluding hydrogens is 314 g/mol. The van der Waals surface area contributed by atoms with Crippen LogP contribution in [-0.4, -0.2) is 67.1 Å². The van der Waals surface area contributed by atoms with Crippen molar-refractivity contribution in [3.05, 3.63) is 35.9 Å². The Bertz CT molecular complexity index is 464. The average Bonchev–Trinajstić information content (AvgIpc) is 2.61. The van der Waals surface area contributed by atoms with Crippen LogP contribution >= 0.6 is 11.6 Å². The molecule has 0 saturated carbocycles. The number of piperazine rings is 1. The van der Waals surface area contributed by atoms with Crippen LogP contribution in [-0.2, 0) is 11.3 Å². The molecule has 128 valence electrons. The van der Waals surface area contributed by atoms with Crippen LogP contribution in [0.25, 0.3) is 0 Å². The molecule has 1 heterocycles. The molecule has 2 rings (SSSR count). The van der Waals surface area contributed by atoms with Gasteiger partial charge >= 0.3 is 6.09 Å². The lowest BCUT2D eigenvalue weighted by atomic mass is 10.2. The number of alkyl halides is 1. The van der Waals surface area contributed by atoms with E-state index in [9.17, 15) is 4.79 Å². The predicted octanol–water partition coefficient (Wildman–Crippen LogP) is 2.16. The molecule has 1 unspecified atom stereocenters. The second kappa shape index (κ2) is 9.75. The van der Waals surface area contributed by atoms with E-state index < -0.39 is 0 Å². The molecule has 23 heavy (non-hydrogen) atoms. The maximum atomic E-state index is 11.7. The Morgan fingerprint density at radius 1 is 1.26 bits per heavy atom. The summed E-state index contributed by atoms with van der Waals surface area (Å²) < 4.78 is 5.19. The summed E-state index contributed by atoms with van der Waals surface area (Å²) in [5.74, 6) is 0.675. The van der Waals surface area contributed by atoms with Crippen molar-refractivity contribution in [3.63, 3.8) is 0 Å². The fourth-order valence-electron chi connectivity index (χ4n) is 2.62. The van der Waals surface area contributed by atoms with E-state index in [1.165, 1.54) is 0 Å². The molecule has 1 N–H and O–H groups in total. The van der Waals surface area contributed by atoms with E-state index in [2.05, 4.69) is 22.0 Å². The zero-order valence-corrected chi connectivity index (χ0v) is 14.5. The minimum Gasteiger partial charge on any atom is -0.445 e. The number of ether oxygens (including phenoxy) is 1. The van der Waals surface area contributed by atoms with Crippen LogP contribution in [0.5, 0.6) is 0 Å². The Balaban J connectivity index is 1.56. The van der Waals surface area contributed by atoms with Gasteiger partial charge in [-0.25, -0.2) is 4.79 Å². The Labute approximate surface area is 143 Å². The minimum atomic E-state index is -0.358. The fourth-order valence-corrected chi connectivity index (χ4v) is 2.81. The number of halogens is 1. The SMILES string of the molecule is CC(CCl)N1CCN(CCNC(=O)OCc2ccccc2)CC1. The normalized spacial score (nSPS) is 17.7. The average molecular weight is 340 g/mol. The summed E-state index contributed by atoms with van der Waals surface area (Å²) in [6, 6.07) is 10.1. The van der Waals surface area contributed by atoms with Gasteiger partial charge in [0.15, 0.2) is 0 Å². The summed E-state index contributed by atoms with van der Waals surface area (Å²) in [6.07, 6.45) is -0.358. The van der Waals surface area contributed by atoms with Crippen molar-refractivity contribution in [2.75, 3.05) is 45.1 Å². The highest BCUT2D eigenvalue weighted by atomic mass is 35.5. The van der Waals surface area contributed by atoms with Crippen molar-refractivity contribution < 1.29 is 9.53 Å². The lowest BCUT2D eigenvalue weighted by Crippen LogP contribution is -2.51. The first-order chi connectivity index (χ1) is 11.2. The first-order valence-electron chi connectivity index (χ1n) is 8.16. The molecule has 1 aliphatic heterocycles. The first-order valence-corrected chi connectivity index (χ1v) is 8.69. The van der Waals surface area contributed by atoms with Crippen molar-refractivity contribution in [2.45, 2.75) is 19.6 Å². The molecule has 0 radical (unpaired) electrons. The Hall–Kier alpha value is -1.30. The molecule has 1 fully saturated rings. The number of hydrogen-bond acceptors (Lipinski definition) is 4. The number of rotatable bonds is 7. The number of carbonyl (C=O) groups is 1. The number of nitrogens with zero attached hydrogens (tertiary/aromatic N) is 2. The number of amides is 1. The molecule has 1 saturated heterocycles. The highest BCUT2D eigenvalue weighted by Crippen LogP contribution is 2.07. The lowest BCUT2D eigenvalue weighted by molar-refractivity contribution is 0.107. The van der Waals surface area contributed by atoms with Crippen LogP contribution in [0.1, 0.15) is 12.5 Å². The van der Waals surface area contributed by atoms with Crippen LogP contribution in [0.3, 0.4) is 0 Å². The number of nitrogens with one attached hydrogen (secondary N) is 1. The zero-order chi connectivity index (χ0) is 16.5. The summed E-state index contributed by atoms with van der Waals surface area (Å²) in [5, 5.41) is 2.81. The van der Waals surface area contributed by atoms with E-state index in [1.807, 2.05) is 30.3 Å². The van der Waals surface area contributed by atoms with Gasteiger partial charge in [-0.2, -0.15) is 0 Å². The van der Waals surface area contributed by atoms with E-state index in [0.29, 0.717) is 25.1 Å². The minimum absolute atomic E-state index is 0.307. The molecule has 0 aromatic heterocycles. The van der Waals surface area contributed by atoms with Crippen molar-refractivity contribution in [1.82, 2.24) is 15.1 Å². The quantitative estimate of drug-likeness (QED) is 0.773. The molecule has 1 aromatic carbocycles. The zero-order valence-electron chi connectivity index (χ0n) is 13.7. The second-order valence-electron chi connectivity index (χ2n) is 5.87. The number of hydrogen-bond donors (Lipinski definition) is 1. The highest BCUT2D eigenvalue weighted by molar-refractivity contribution is 6.18. The molecule has 6 heteroatoms. The molecular formula is C17H26ClN3O2. The van der Waals surface area contributed by atoms with Gasteiger partial charge < -0.3 is 10.1 Å². The van der Waals surface area contributed by atoms with Crippen molar-refractivity contribution in [3.8, 4) is 0 Å². The molecule has 0 bridgehead atoms. The monoisotopic (exact) mass is 339 g/mol. The Morgan fingerprint density at radius 3 is 2.61 bits per heavy atom. The van der Waals surface area contributed by atoms with Gasteiger partial charge in [0.2, 0.25) is 0 Å². The van der Waals surface area contributed by atoms with Crippen molar-refractivity contribution in [1.29, 1.82) is 0 Å². The maximum Gasteiger partial charge on any atom is 0.407 e. The standard InChI is InChI=1S/C17H26ClN3O2/c1-15(13-18)21-11-9-20(10-12-21)8-7-19-17(22)23-14-16-5-3-2-4-6-16/h2-6,15H,7-14H2,1H3,(H,19,22). The molecule has 0 aliphatic carbocycles. The molecule has 1 atom stereocenters. The van der Waals surface area contributed by atoms with E-state index in [-0.39, 0.29) is 6.09 Å². The van der Waals surface area contributed by atoms with Gasteiger partial charge in [0.1, 0.15) is 6.61 Å². The van der Waals surface area contributed by atoms with Gasteiger partial charge in [-0.3, -0.25) is 9.80 Å². The van der Waals surface area contributed by atoms with Gasteiger partial charge in [0.05, 0.1) is 0 Å². The van der Waals surface area contributed by atoms with Gasteiger partial charge in [-0.15, -0.1) is 11.6 Å². The number of alkyl carbamates (subject to hydrolysis) is 1. The van der Waals surface area contributed by atoms with Gasteiger partial charge in [0, 0.05) is 51.2 Å². The third kappa shape index (κ3) is 6.37. The van der Waals surface area contributed by atoms with E-state index in [0.717, 1.165) is 38.3 Å². The summed E-state index contributed by atoms with van der Waals surface area (Å²) in [6.45, 7) is 8.03. The molecule has 1 aromatic rings. The van der Waals surface area contributed by atoms with Crippen molar-refractivity contribution in [2.24, 2.45) is 0 Å². The molecule has 1 amide bonds. The smallest absolute Gasteiger partial charge is 0.407 e. The topological polar surface area (TPSA) is 44.8 Å². The number of carbonyl (C=O) groups excluding carboxylic acids is 1. The maximum absolute atomic E-state index is 11.7. The largest absolute Gasteiger partial charge is 0.445 e. The number of benzene rings is 1. The van der Waals surface area contributed by atoms with Crippen LogP contribution in [0.2, 0.25) is 0 Å². The third-order valence-corrected chi connectivity index (χ3v) is 4.61. The molecule has 5 nitrogen and oxygen atoms in total. The second-order valence-corrected chi connectivity index (χ2v) is 6.18. The Kier molecular flexibility index (Phi) is 7.65. The summed E-state index contributed by atoms with van der Waals surface area (Å²) in [4.78, 5) is 16.4. The third-order valence-electron chi connectivity index (χ3n) is 4.16. The fraction of sp³-hybridized carbons (Fsp3) is 0.588. The molecule has 1 aliphatic rings. The first kappa shape index (κ1) is 18.0. The van der Waals surface area contributed by atoms with Crippen molar-refractivity contribution >= 4 is 17.7 Å². The Morgan fingerprint density at radius 2 is 1.96 bits per heavy atom. The summed E-state index contributed by atoms with van der Waals surface area (Å²) >= 11 is 5.90. The summed E-state index contributed by atoms with van der Waals surface area (Å²) in [5.41, 5.74) is 0.993.